The number of nitrogens with one attached hydrogen (secondary N) is 1. The van der Waals surface area contributed by atoms with Crippen LogP contribution in [-0.2, 0) is 4.74 Å². The molecule has 2 aliphatic rings. The maximum atomic E-state index is 12.2. The monoisotopic (exact) mass is 276 g/mol. The zero-order valence-corrected chi connectivity index (χ0v) is 11.5. The molecule has 6 heteroatoms. The van der Waals surface area contributed by atoms with Crippen LogP contribution >= 0.6 is 0 Å². The fourth-order valence-electron chi connectivity index (χ4n) is 2.71. The van der Waals surface area contributed by atoms with Crippen molar-refractivity contribution < 1.29 is 9.53 Å². The lowest BCUT2D eigenvalue weighted by atomic mass is 10.2. The van der Waals surface area contributed by atoms with Crippen LogP contribution in [-0.4, -0.2) is 53.1 Å². The first kappa shape index (κ1) is 13.3. The summed E-state index contributed by atoms with van der Waals surface area (Å²) in [4.78, 5) is 22.5. The SMILES string of the molecule is O=C(c1cnc(NC2CCCC2)nc1)N1CCOCC1. The lowest BCUT2D eigenvalue weighted by Gasteiger charge is -2.26. The zero-order valence-electron chi connectivity index (χ0n) is 11.5. The van der Waals surface area contributed by atoms with Gasteiger partial charge in [0.25, 0.3) is 5.91 Å². The maximum absolute atomic E-state index is 12.2. The first-order valence-electron chi connectivity index (χ1n) is 7.28. The molecule has 1 saturated heterocycles. The van der Waals surface area contributed by atoms with Gasteiger partial charge in [-0.25, -0.2) is 9.97 Å². The molecule has 3 rings (SSSR count). The number of hydrogen-bond acceptors (Lipinski definition) is 5. The summed E-state index contributed by atoms with van der Waals surface area (Å²) < 4.78 is 5.24. The molecule has 1 aromatic rings. The van der Waals surface area contributed by atoms with E-state index in [9.17, 15) is 4.79 Å². The molecule has 1 amide bonds. The number of aromatic nitrogens is 2. The highest BCUT2D eigenvalue weighted by Crippen LogP contribution is 2.20. The van der Waals surface area contributed by atoms with Crippen molar-refractivity contribution in [3.05, 3.63) is 18.0 Å². The van der Waals surface area contributed by atoms with Crippen LogP contribution in [0.2, 0.25) is 0 Å². The van der Waals surface area contributed by atoms with Crippen LogP contribution in [0.4, 0.5) is 5.95 Å². The van der Waals surface area contributed by atoms with Gasteiger partial charge in [-0.2, -0.15) is 0 Å². The Morgan fingerprint density at radius 2 is 1.85 bits per heavy atom. The summed E-state index contributed by atoms with van der Waals surface area (Å²) in [5.74, 6) is 0.608. The number of amides is 1. The molecule has 1 N–H and O–H groups in total. The molecule has 1 aromatic heterocycles. The van der Waals surface area contributed by atoms with Gasteiger partial charge >= 0.3 is 0 Å². The maximum Gasteiger partial charge on any atom is 0.257 e. The van der Waals surface area contributed by atoms with Crippen LogP contribution in [0.1, 0.15) is 36.0 Å². The van der Waals surface area contributed by atoms with Crippen LogP contribution in [0.15, 0.2) is 12.4 Å². The fourth-order valence-corrected chi connectivity index (χ4v) is 2.71. The second kappa shape index (κ2) is 6.17. The number of carbonyl (C=O) groups excluding carboxylic acids is 1. The van der Waals surface area contributed by atoms with E-state index < -0.39 is 0 Å². The Morgan fingerprint density at radius 1 is 1.20 bits per heavy atom. The average molecular weight is 276 g/mol. The standard InChI is InChI=1S/C14H20N4O2/c19-13(18-5-7-20-8-6-18)11-9-15-14(16-10-11)17-12-3-1-2-4-12/h9-10,12H,1-8H2,(H,15,16,17). The van der Waals surface area contributed by atoms with Crippen molar-refractivity contribution in [3.63, 3.8) is 0 Å². The first-order chi connectivity index (χ1) is 9.83. The molecule has 0 spiro atoms. The van der Waals surface area contributed by atoms with Crippen molar-refractivity contribution in [1.82, 2.24) is 14.9 Å². The minimum atomic E-state index is -0.0132. The molecular weight excluding hydrogens is 256 g/mol. The Balaban J connectivity index is 1.61. The molecule has 2 heterocycles. The van der Waals surface area contributed by atoms with Gasteiger partial charge < -0.3 is 15.0 Å². The number of anilines is 1. The average Bonchev–Trinajstić information content (AvgIpc) is 3.01. The predicted octanol–water partition coefficient (Wildman–Crippen LogP) is 1.30. The Hall–Kier alpha value is -1.69. The van der Waals surface area contributed by atoms with Crippen molar-refractivity contribution >= 4 is 11.9 Å². The van der Waals surface area contributed by atoms with E-state index in [-0.39, 0.29) is 5.91 Å². The third-order valence-electron chi connectivity index (χ3n) is 3.89. The van der Waals surface area contributed by atoms with E-state index >= 15 is 0 Å². The van der Waals surface area contributed by atoms with E-state index in [1.807, 2.05) is 0 Å². The summed E-state index contributed by atoms with van der Waals surface area (Å²) in [6, 6.07) is 0.482. The van der Waals surface area contributed by atoms with Crippen LogP contribution in [0.5, 0.6) is 0 Å². The third-order valence-corrected chi connectivity index (χ3v) is 3.89. The Bertz CT molecular complexity index is 451. The van der Waals surface area contributed by atoms with E-state index in [1.54, 1.807) is 17.3 Å². The normalized spacial score (nSPS) is 20.1. The van der Waals surface area contributed by atoms with Gasteiger partial charge in [0.1, 0.15) is 0 Å². The van der Waals surface area contributed by atoms with Gasteiger partial charge in [-0.3, -0.25) is 4.79 Å². The highest BCUT2D eigenvalue weighted by atomic mass is 16.5. The van der Waals surface area contributed by atoms with Gasteiger partial charge in [0.05, 0.1) is 18.8 Å². The quantitative estimate of drug-likeness (QED) is 0.901. The van der Waals surface area contributed by atoms with E-state index in [1.165, 1.54) is 25.7 Å². The van der Waals surface area contributed by atoms with E-state index in [0.717, 1.165) is 0 Å². The van der Waals surface area contributed by atoms with Gasteiger partial charge in [-0.1, -0.05) is 12.8 Å². The molecule has 1 saturated carbocycles. The molecule has 20 heavy (non-hydrogen) atoms. The summed E-state index contributed by atoms with van der Waals surface area (Å²) in [5, 5.41) is 3.32. The van der Waals surface area contributed by atoms with Gasteiger partial charge in [0, 0.05) is 31.5 Å². The highest BCUT2D eigenvalue weighted by Gasteiger charge is 2.20. The van der Waals surface area contributed by atoms with Crippen molar-refractivity contribution in [1.29, 1.82) is 0 Å². The van der Waals surface area contributed by atoms with Gasteiger partial charge in [-0.05, 0) is 12.8 Å². The third kappa shape index (κ3) is 3.07. The Kier molecular flexibility index (Phi) is 4.11. The van der Waals surface area contributed by atoms with Gasteiger partial charge in [0.15, 0.2) is 0 Å². The molecule has 0 bridgehead atoms. The fraction of sp³-hybridized carbons (Fsp3) is 0.643. The van der Waals surface area contributed by atoms with Crippen molar-refractivity contribution in [3.8, 4) is 0 Å². The zero-order chi connectivity index (χ0) is 13.8. The molecule has 108 valence electrons. The highest BCUT2D eigenvalue weighted by molar-refractivity contribution is 5.93. The number of hydrogen-bond donors (Lipinski definition) is 1. The number of morpholine rings is 1. The predicted molar refractivity (Wildman–Crippen MR) is 74.6 cm³/mol. The second-order valence-corrected chi connectivity index (χ2v) is 5.33. The first-order valence-corrected chi connectivity index (χ1v) is 7.28. The Morgan fingerprint density at radius 3 is 2.50 bits per heavy atom. The molecule has 1 aliphatic carbocycles. The van der Waals surface area contributed by atoms with E-state index in [2.05, 4.69) is 15.3 Å². The summed E-state index contributed by atoms with van der Waals surface area (Å²) >= 11 is 0. The summed E-state index contributed by atoms with van der Waals surface area (Å²) in [6.45, 7) is 2.49. The molecular formula is C14H20N4O2. The number of carbonyl (C=O) groups is 1. The molecule has 6 nitrogen and oxygen atoms in total. The topological polar surface area (TPSA) is 67.4 Å². The molecule has 0 atom stereocenters. The van der Waals surface area contributed by atoms with Crippen molar-refractivity contribution in [2.75, 3.05) is 31.6 Å². The number of ether oxygens (including phenoxy) is 1. The van der Waals surface area contributed by atoms with Crippen molar-refractivity contribution in [2.24, 2.45) is 0 Å². The Labute approximate surface area is 118 Å². The van der Waals surface area contributed by atoms with Crippen LogP contribution in [0, 0.1) is 0 Å². The molecule has 0 aromatic carbocycles. The second-order valence-electron chi connectivity index (χ2n) is 5.33. The minimum absolute atomic E-state index is 0.0132. The van der Waals surface area contributed by atoms with Gasteiger partial charge in [0.2, 0.25) is 5.95 Å². The van der Waals surface area contributed by atoms with Crippen molar-refractivity contribution in [2.45, 2.75) is 31.7 Å². The van der Waals surface area contributed by atoms with Gasteiger partial charge in [-0.15, -0.1) is 0 Å². The summed E-state index contributed by atoms with van der Waals surface area (Å²) in [7, 11) is 0. The largest absolute Gasteiger partial charge is 0.378 e. The molecule has 0 unspecified atom stereocenters. The van der Waals surface area contributed by atoms with E-state index in [0.29, 0.717) is 43.9 Å². The lowest BCUT2D eigenvalue weighted by Crippen LogP contribution is -2.40. The molecule has 0 radical (unpaired) electrons. The molecule has 2 fully saturated rings. The number of rotatable bonds is 3. The minimum Gasteiger partial charge on any atom is -0.378 e. The summed E-state index contributed by atoms with van der Waals surface area (Å²) in [5.41, 5.74) is 0.545. The summed E-state index contributed by atoms with van der Waals surface area (Å²) in [6.07, 6.45) is 8.12. The lowest BCUT2D eigenvalue weighted by molar-refractivity contribution is 0.0302. The van der Waals surface area contributed by atoms with Crippen LogP contribution < -0.4 is 5.32 Å². The number of nitrogens with zero attached hydrogens (tertiary/aromatic N) is 3. The van der Waals surface area contributed by atoms with Crippen LogP contribution in [0.25, 0.3) is 0 Å². The van der Waals surface area contributed by atoms with Crippen LogP contribution in [0.3, 0.4) is 0 Å². The molecule has 1 aliphatic heterocycles. The smallest absolute Gasteiger partial charge is 0.257 e. The van der Waals surface area contributed by atoms with E-state index in [4.69, 9.17) is 4.74 Å².